The third-order valence-electron chi connectivity index (χ3n) is 5.05. The lowest BCUT2D eigenvalue weighted by Crippen LogP contribution is -2.36. The van der Waals surface area contributed by atoms with E-state index in [0.29, 0.717) is 18.8 Å². The number of carbonyl (C=O) groups excluding carboxylic acids is 1. The lowest BCUT2D eigenvalue weighted by Gasteiger charge is -2.15. The van der Waals surface area contributed by atoms with E-state index in [1.54, 1.807) is 13.1 Å². The number of carbonyl (C=O) groups is 1. The van der Waals surface area contributed by atoms with Crippen LogP contribution in [0.2, 0.25) is 0 Å². The largest absolute Gasteiger partial charge is 0.484 e. The van der Waals surface area contributed by atoms with Gasteiger partial charge < -0.3 is 21.1 Å². The molecule has 0 radical (unpaired) electrons. The summed E-state index contributed by atoms with van der Waals surface area (Å²) in [6, 6.07) is 16.3. The molecule has 0 atom stereocenters. The summed E-state index contributed by atoms with van der Waals surface area (Å²) >= 11 is 0. The van der Waals surface area contributed by atoms with Crippen molar-refractivity contribution < 1.29 is 9.53 Å². The number of nitrogens with two attached hydrogens (primary N) is 1. The van der Waals surface area contributed by atoms with Gasteiger partial charge in [0.1, 0.15) is 5.75 Å². The molecule has 1 fully saturated rings. The number of rotatable bonds is 9. The average Bonchev–Trinajstić information content (AvgIpc) is 3.27. The van der Waals surface area contributed by atoms with E-state index in [4.69, 9.17) is 10.5 Å². The van der Waals surface area contributed by atoms with Crippen molar-refractivity contribution in [2.75, 3.05) is 26.7 Å². The molecule has 1 saturated heterocycles. The number of hydrogen-bond donors (Lipinski definition) is 3. The van der Waals surface area contributed by atoms with Crippen LogP contribution < -0.4 is 21.1 Å². The molecule has 0 bridgehead atoms. The van der Waals surface area contributed by atoms with Gasteiger partial charge in [0.15, 0.2) is 12.6 Å². The maximum absolute atomic E-state index is 10.9. The van der Waals surface area contributed by atoms with Crippen LogP contribution in [0.15, 0.2) is 53.5 Å². The molecular formula is C23H32IN5O2. The van der Waals surface area contributed by atoms with Crippen molar-refractivity contribution in [3.05, 3.63) is 65.2 Å². The fraction of sp³-hybridized carbons (Fsp3) is 0.391. The van der Waals surface area contributed by atoms with Crippen molar-refractivity contribution >= 4 is 35.8 Å². The number of ether oxygens (including phenoxy) is 1. The molecule has 7 nitrogen and oxygen atoms in total. The number of guanidine groups is 1. The van der Waals surface area contributed by atoms with Crippen molar-refractivity contribution in [2.45, 2.75) is 32.5 Å². The molecule has 0 aromatic heterocycles. The topological polar surface area (TPSA) is 92.0 Å². The second-order valence-electron chi connectivity index (χ2n) is 7.48. The number of primary amides is 1. The zero-order valence-corrected chi connectivity index (χ0v) is 20.3. The molecular weight excluding hydrogens is 505 g/mol. The summed E-state index contributed by atoms with van der Waals surface area (Å²) < 4.78 is 5.35. The Morgan fingerprint density at radius 1 is 1.03 bits per heavy atom. The molecule has 2 aromatic rings. The maximum Gasteiger partial charge on any atom is 0.255 e. The van der Waals surface area contributed by atoms with Gasteiger partial charge in [-0.3, -0.25) is 14.7 Å². The maximum atomic E-state index is 10.9. The first kappa shape index (κ1) is 24.9. The first-order valence-electron chi connectivity index (χ1n) is 10.4. The first-order valence-corrected chi connectivity index (χ1v) is 10.4. The molecule has 1 amide bonds. The summed E-state index contributed by atoms with van der Waals surface area (Å²) in [4.78, 5) is 17.6. The van der Waals surface area contributed by atoms with Gasteiger partial charge >= 0.3 is 0 Å². The van der Waals surface area contributed by atoms with E-state index in [2.05, 4.69) is 44.8 Å². The summed E-state index contributed by atoms with van der Waals surface area (Å²) in [5.74, 6) is 0.844. The molecule has 0 spiro atoms. The van der Waals surface area contributed by atoms with Crippen LogP contribution >= 0.6 is 24.0 Å². The SMILES string of the molecule is CN=C(NCc1ccc(CN2CCCC2)cc1)NCc1cccc(OCC(N)=O)c1.I. The summed E-state index contributed by atoms with van der Waals surface area (Å²) in [6.07, 6.45) is 2.64. The lowest BCUT2D eigenvalue weighted by molar-refractivity contribution is -0.119. The third-order valence-corrected chi connectivity index (χ3v) is 5.05. The molecule has 2 aromatic carbocycles. The number of likely N-dealkylation sites (tertiary alicyclic amines) is 1. The number of amides is 1. The number of halogens is 1. The van der Waals surface area contributed by atoms with Crippen LogP contribution in [0.3, 0.4) is 0 Å². The predicted octanol–water partition coefficient (Wildman–Crippen LogP) is 2.63. The molecule has 1 aliphatic heterocycles. The Morgan fingerprint density at radius 3 is 2.32 bits per heavy atom. The Balaban J connectivity index is 0.00000341. The summed E-state index contributed by atoms with van der Waals surface area (Å²) in [5, 5.41) is 6.63. The molecule has 8 heteroatoms. The van der Waals surface area contributed by atoms with Gasteiger partial charge in [0.2, 0.25) is 0 Å². The van der Waals surface area contributed by atoms with Gasteiger partial charge in [0.25, 0.3) is 5.91 Å². The molecule has 0 aliphatic carbocycles. The number of aliphatic imine (C=N–C) groups is 1. The Bertz CT molecular complexity index is 851. The quantitative estimate of drug-likeness (QED) is 0.260. The number of nitrogens with one attached hydrogen (secondary N) is 2. The molecule has 3 rings (SSSR count). The van der Waals surface area contributed by atoms with E-state index in [1.807, 2.05) is 18.2 Å². The van der Waals surface area contributed by atoms with Crippen LogP contribution in [0.1, 0.15) is 29.5 Å². The summed E-state index contributed by atoms with van der Waals surface area (Å²) in [6.45, 7) is 4.63. The van der Waals surface area contributed by atoms with Gasteiger partial charge in [-0.25, -0.2) is 0 Å². The highest BCUT2D eigenvalue weighted by molar-refractivity contribution is 14.0. The first-order chi connectivity index (χ1) is 14.6. The molecule has 168 valence electrons. The fourth-order valence-electron chi connectivity index (χ4n) is 3.45. The van der Waals surface area contributed by atoms with Crippen LogP contribution in [0.5, 0.6) is 5.75 Å². The van der Waals surface area contributed by atoms with Gasteiger partial charge in [0, 0.05) is 26.7 Å². The van der Waals surface area contributed by atoms with Crippen molar-refractivity contribution in [1.82, 2.24) is 15.5 Å². The van der Waals surface area contributed by atoms with Gasteiger partial charge in [0.05, 0.1) is 0 Å². The summed E-state index contributed by atoms with van der Waals surface area (Å²) in [5.41, 5.74) is 8.71. The van der Waals surface area contributed by atoms with Crippen LogP contribution in [0.4, 0.5) is 0 Å². The molecule has 1 aliphatic rings. The second kappa shape index (κ2) is 13.2. The Hall–Kier alpha value is -2.33. The van der Waals surface area contributed by atoms with Crippen LogP contribution in [-0.2, 0) is 24.4 Å². The lowest BCUT2D eigenvalue weighted by atomic mass is 10.1. The standard InChI is InChI=1S/C23H31N5O2.HI/c1-25-23(27-15-20-5-4-6-21(13-20)30-17-22(24)29)26-14-18-7-9-19(10-8-18)16-28-11-2-3-12-28;/h4-10,13H,2-3,11-12,14-17H2,1H3,(H2,24,29)(H2,25,26,27);1H. The molecule has 1 heterocycles. The van der Waals surface area contributed by atoms with Crippen molar-refractivity contribution in [2.24, 2.45) is 10.7 Å². The van der Waals surface area contributed by atoms with Crippen molar-refractivity contribution in [1.29, 1.82) is 0 Å². The molecule has 0 unspecified atom stereocenters. The minimum Gasteiger partial charge on any atom is -0.484 e. The highest BCUT2D eigenvalue weighted by Gasteiger charge is 2.11. The number of nitrogens with zero attached hydrogens (tertiary/aromatic N) is 2. The van der Waals surface area contributed by atoms with E-state index in [9.17, 15) is 4.79 Å². The van der Waals surface area contributed by atoms with E-state index < -0.39 is 5.91 Å². The number of hydrogen-bond acceptors (Lipinski definition) is 4. The van der Waals surface area contributed by atoms with Gasteiger partial charge in [-0.15, -0.1) is 24.0 Å². The van der Waals surface area contributed by atoms with E-state index in [0.717, 1.165) is 18.1 Å². The second-order valence-corrected chi connectivity index (χ2v) is 7.48. The minimum absolute atomic E-state index is 0. The zero-order valence-electron chi connectivity index (χ0n) is 18.0. The zero-order chi connectivity index (χ0) is 21.2. The van der Waals surface area contributed by atoms with E-state index in [-0.39, 0.29) is 30.6 Å². The highest BCUT2D eigenvalue weighted by atomic mass is 127. The summed E-state index contributed by atoms with van der Waals surface area (Å²) in [7, 11) is 1.75. The predicted molar refractivity (Wildman–Crippen MR) is 135 cm³/mol. The monoisotopic (exact) mass is 537 g/mol. The normalized spacial score (nSPS) is 14.0. The molecule has 4 N–H and O–H groups in total. The fourth-order valence-corrected chi connectivity index (χ4v) is 3.45. The van der Waals surface area contributed by atoms with Crippen molar-refractivity contribution in [3.8, 4) is 5.75 Å². The van der Waals surface area contributed by atoms with E-state index >= 15 is 0 Å². The van der Waals surface area contributed by atoms with Crippen LogP contribution in [0.25, 0.3) is 0 Å². The third kappa shape index (κ3) is 8.74. The Labute approximate surface area is 201 Å². The Kier molecular flexibility index (Phi) is 10.6. The average molecular weight is 537 g/mol. The van der Waals surface area contributed by atoms with Gasteiger partial charge in [-0.1, -0.05) is 36.4 Å². The van der Waals surface area contributed by atoms with E-state index in [1.165, 1.54) is 37.1 Å². The number of benzene rings is 2. The molecule has 31 heavy (non-hydrogen) atoms. The van der Waals surface area contributed by atoms with Gasteiger partial charge in [-0.2, -0.15) is 0 Å². The minimum atomic E-state index is -0.493. The molecule has 0 saturated carbocycles. The van der Waals surface area contributed by atoms with Gasteiger partial charge in [-0.05, 0) is 54.8 Å². The van der Waals surface area contributed by atoms with Crippen molar-refractivity contribution in [3.63, 3.8) is 0 Å². The Morgan fingerprint density at radius 2 is 1.68 bits per heavy atom. The van der Waals surface area contributed by atoms with Crippen LogP contribution in [-0.4, -0.2) is 43.5 Å². The smallest absolute Gasteiger partial charge is 0.255 e. The highest BCUT2D eigenvalue weighted by Crippen LogP contribution is 2.14. The van der Waals surface area contributed by atoms with Crippen LogP contribution in [0, 0.1) is 0 Å².